The van der Waals surface area contributed by atoms with Gasteiger partial charge in [-0.25, -0.2) is 17.9 Å². The fraction of sp³-hybridized carbons (Fsp3) is 0.600. The van der Waals surface area contributed by atoms with Crippen LogP contribution in [0.1, 0.15) is 38.7 Å². The highest BCUT2D eigenvalue weighted by molar-refractivity contribution is 7.88. The highest BCUT2D eigenvalue weighted by atomic mass is 32.2. The van der Waals surface area contributed by atoms with E-state index in [0.29, 0.717) is 32.5 Å². The van der Waals surface area contributed by atoms with Crippen LogP contribution in [0.5, 0.6) is 0 Å². The maximum Gasteiger partial charge on any atom is 0.321 e. The molecule has 29 heavy (non-hydrogen) atoms. The SMILES string of the molecule is CCC(C)C1C(=O)Nc2ccccc2CN1C(=O)N1CCCC(NS(C)(=O)=O)C1. The van der Waals surface area contributed by atoms with Gasteiger partial charge in [0.2, 0.25) is 15.9 Å². The van der Waals surface area contributed by atoms with Crippen molar-refractivity contribution in [2.24, 2.45) is 5.92 Å². The van der Waals surface area contributed by atoms with Gasteiger partial charge >= 0.3 is 6.03 Å². The van der Waals surface area contributed by atoms with Crippen LogP contribution in [0.4, 0.5) is 10.5 Å². The Hall–Kier alpha value is -2.13. The number of hydrogen-bond donors (Lipinski definition) is 2. The zero-order valence-electron chi connectivity index (χ0n) is 17.2. The molecule has 0 aliphatic carbocycles. The molecule has 1 aromatic carbocycles. The first kappa shape index (κ1) is 21.6. The molecule has 0 aromatic heterocycles. The van der Waals surface area contributed by atoms with Crippen LogP contribution in [0, 0.1) is 5.92 Å². The van der Waals surface area contributed by atoms with E-state index in [4.69, 9.17) is 0 Å². The minimum absolute atomic E-state index is 0.0111. The number of benzene rings is 1. The van der Waals surface area contributed by atoms with Crippen LogP contribution in [0.15, 0.2) is 24.3 Å². The third kappa shape index (κ3) is 5.08. The molecule has 3 atom stereocenters. The van der Waals surface area contributed by atoms with Crippen LogP contribution < -0.4 is 10.0 Å². The Morgan fingerprint density at radius 1 is 1.34 bits per heavy atom. The van der Waals surface area contributed by atoms with Gasteiger partial charge in [0.25, 0.3) is 0 Å². The molecule has 1 fully saturated rings. The number of hydrogen-bond acceptors (Lipinski definition) is 4. The van der Waals surface area contributed by atoms with E-state index >= 15 is 0 Å². The van der Waals surface area contributed by atoms with Gasteiger partial charge in [-0.05, 0) is 30.4 Å². The smallest absolute Gasteiger partial charge is 0.321 e. The number of amides is 3. The fourth-order valence-corrected chi connectivity index (χ4v) is 4.92. The number of sulfonamides is 1. The lowest BCUT2D eigenvalue weighted by molar-refractivity contribution is -0.122. The molecule has 0 radical (unpaired) electrons. The molecule has 9 heteroatoms. The molecule has 0 bridgehead atoms. The van der Waals surface area contributed by atoms with Gasteiger partial charge in [-0.15, -0.1) is 0 Å². The van der Waals surface area contributed by atoms with Crippen molar-refractivity contribution in [1.29, 1.82) is 0 Å². The average Bonchev–Trinajstić information content (AvgIpc) is 2.81. The first-order chi connectivity index (χ1) is 13.7. The van der Waals surface area contributed by atoms with Crippen LogP contribution in [-0.2, 0) is 21.4 Å². The number of para-hydroxylation sites is 1. The molecule has 3 amide bonds. The van der Waals surface area contributed by atoms with E-state index in [1.54, 1.807) is 9.80 Å². The van der Waals surface area contributed by atoms with Crippen molar-refractivity contribution in [2.75, 3.05) is 24.7 Å². The number of nitrogens with zero attached hydrogens (tertiary/aromatic N) is 2. The molecule has 2 N–H and O–H groups in total. The summed E-state index contributed by atoms with van der Waals surface area (Å²) in [5.41, 5.74) is 1.62. The molecule has 3 unspecified atom stereocenters. The van der Waals surface area contributed by atoms with E-state index in [-0.39, 0.29) is 23.9 Å². The topological polar surface area (TPSA) is 98.8 Å². The summed E-state index contributed by atoms with van der Waals surface area (Å²) in [5, 5.41) is 2.97. The van der Waals surface area contributed by atoms with Gasteiger partial charge in [0, 0.05) is 24.8 Å². The maximum atomic E-state index is 13.5. The quantitative estimate of drug-likeness (QED) is 0.775. The minimum atomic E-state index is -3.35. The molecule has 1 saturated heterocycles. The van der Waals surface area contributed by atoms with Crippen molar-refractivity contribution in [3.05, 3.63) is 29.8 Å². The highest BCUT2D eigenvalue weighted by Crippen LogP contribution is 2.28. The minimum Gasteiger partial charge on any atom is -0.324 e. The highest BCUT2D eigenvalue weighted by Gasteiger charge is 2.39. The van der Waals surface area contributed by atoms with Crippen molar-refractivity contribution in [3.8, 4) is 0 Å². The Labute approximate surface area is 172 Å². The van der Waals surface area contributed by atoms with E-state index in [1.165, 1.54) is 0 Å². The van der Waals surface area contributed by atoms with Gasteiger partial charge in [-0.2, -0.15) is 0 Å². The van der Waals surface area contributed by atoms with Gasteiger partial charge < -0.3 is 15.1 Å². The van der Waals surface area contributed by atoms with Gasteiger partial charge in [0.15, 0.2) is 0 Å². The number of anilines is 1. The predicted molar refractivity (Wildman–Crippen MR) is 112 cm³/mol. The molecule has 1 aromatic rings. The fourth-order valence-electron chi connectivity index (χ4n) is 4.12. The third-order valence-electron chi connectivity index (χ3n) is 5.72. The lowest BCUT2D eigenvalue weighted by atomic mass is 9.96. The second-order valence-corrected chi connectivity index (χ2v) is 9.84. The number of rotatable bonds is 4. The molecule has 8 nitrogen and oxygen atoms in total. The van der Waals surface area contributed by atoms with Crippen molar-refractivity contribution >= 4 is 27.6 Å². The normalized spacial score (nSPS) is 23.8. The zero-order chi connectivity index (χ0) is 21.2. The summed E-state index contributed by atoms with van der Waals surface area (Å²) >= 11 is 0. The van der Waals surface area contributed by atoms with E-state index in [2.05, 4.69) is 10.0 Å². The maximum absolute atomic E-state index is 13.5. The number of urea groups is 1. The number of carbonyl (C=O) groups excluding carboxylic acids is 2. The zero-order valence-corrected chi connectivity index (χ0v) is 18.0. The van der Waals surface area contributed by atoms with Crippen LogP contribution in [0.3, 0.4) is 0 Å². The second-order valence-electron chi connectivity index (χ2n) is 8.06. The lowest BCUT2D eigenvalue weighted by Crippen LogP contribution is -2.57. The second kappa shape index (κ2) is 8.71. The van der Waals surface area contributed by atoms with Crippen LogP contribution in [-0.4, -0.2) is 61.6 Å². The van der Waals surface area contributed by atoms with Crippen molar-refractivity contribution in [2.45, 2.75) is 51.7 Å². The van der Waals surface area contributed by atoms with Crippen molar-refractivity contribution in [1.82, 2.24) is 14.5 Å². The predicted octanol–water partition coefficient (Wildman–Crippen LogP) is 1.99. The monoisotopic (exact) mass is 422 g/mol. The molecular formula is C20H30N4O4S. The Bertz CT molecular complexity index is 873. The molecule has 2 heterocycles. The number of nitrogens with one attached hydrogen (secondary N) is 2. The number of piperidine rings is 1. The summed E-state index contributed by atoms with van der Waals surface area (Å²) in [6.07, 6.45) is 3.29. The Balaban J connectivity index is 1.87. The first-order valence-electron chi connectivity index (χ1n) is 10.1. The van der Waals surface area contributed by atoms with Crippen molar-refractivity contribution < 1.29 is 18.0 Å². The molecule has 3 rings (SSSR count). The summed E-state index contributed by atoms with van der Waals surface area (Å²) in [7, 11) is -3.35. The molecule has 0 spiro atoms. The lowest BCUT2D eigenvalue weighted by Gasteiger charge is -2.39. The molecule has 2 aliphatic heterocycles. The van der Waals surface area contributed by atoms with E-state index in [0.717, 1.165) is 23.9 Å². The summed E-state index contributed by atoms with van der Waals surface area (Å²) < 4.78 is 25.8. The summed E-state index contributed by atoms with van der Waals surface area (Å²) in [6.45, 7) is 5.17. The van der Waals surface area contributed by atoms with Gasteiger partial charge in [0.1, 0.15) is 6.04 Å². The van der Waals surface area contributed by atoms with E-state index in [9.17, 15) is 18.0 Å². The van der Waals surface area contributed by atoms with Gasteiger partial charge in [0.05, 0.1) is 12.8 Å². The number of fused-ring (bicyclic) bond motifs is 1. The average molecular weight is 423 g/mol. The summed E-state index contributed by atoms with van der Waals surface area (Å²) in [5.74, 6) is -0.191. The standard InChI is InChI=1S/C20H30N4O4S/c1-4-14(2)18-19(25)21-17-10-6-5-8-15(17)12-24(18)20(26)23-11-7-9-16(13-23)22-29(3,27)28/h5-6,8,10,14,16,18,22H,4,7,9,11-13H2,1-3H3,(H,21,25). The molecular weight excluding hydrogens is 392 g/mol. The van der Waals surface area contributed by atoms with Gasteiger partial charge in [-0.1, -0.05) is 38.5 Å². The molecule has 2 aliphatic rings. The number of likely N-dealkylation sites (tertiary alicyclic amines) is 1. The largest absolute Gasteiger partial charge is 0.324 e. The Morgan fingerprint density at radius 2 is 2.07 bits per heavy atom. The first-order valence-corrected chi connectivity index (χ1v) is 12.0. The van der Waals surface area contributed by atoms with E-state index < -0.39 is 16.1 Å². The molecule has 0 saturated carbocycles. The van der Waals surface area contributed by atoms with Crippen LogP contribution in [0.25, 0.3) is 0 Å². The Morgan fingerprint density at radius 3 is 2.76 bits per heavy atom. The van der Waals surface area contributed by atoms with Gasteiger partial charge in [-0.3, -0.25) is 4.79 Å². The summed E-state index contributed by atoms with van der Waals surface area (Å²) in [4.78, 5) is 29.8. The van der Waals surface area contributed by atoms with Crippen LogP contribution >= 0.6 is 0 Å². The van der Waals surface area contributed by atoms with E-state index in [1.807, 2.05) is 38.1 Å². The summed E-state index contributed by atoms with van der Waals surface area (Å²) in [6, 6.07) is 6.41. The third-order valence-corrected chi connectivity index (χ3v) is 6.48. The molecule has 160 valence electrons. The van der Waals surface area contributed by atoms with Crippen LogP contribution in [0.2, 0.25) is 0 Å². The number of carbonyl (C=O) groups is 2. The Kier molecular flexibility index (Phi) is 6.48. The van der Waals surface area contributed by atoms with Crippen molar-refractivity contribution in [3.63, 3.8) is 0 Å².